The molecule has 0 radical (unpaired) electrons. The Hall–Kier alpha value is -3.35. The third kappa shape index (κ3) is 4.55. The first kappa shape index (κ1) is 22.3. The lowest BCUT2D eigenvalue weighted by Gasteiger charge is -2.43. The van der Waals surface area contributed by atoms with Gasteiger partial charge in [-0.1, -0.05) is 11.6 Å². The Balaban J connectivity index is 2.22. The van der Waals surface area contributed by atoms with E-state index < -0.39 is 35.4 Å². The summed E-state index contributed by atoms with van der Waals surface area (Å²) in [5.74, 6) is -0.775. The van der Waals surface area contributed by atoms with E-state index in [1.807, 2.05) is 0 Å². The highest BCUT2D eigenvalue weighted by Gasteiger charge is 2.50. The average Bonchev–Trinajstić information content (AvgIpc) is 2.68. The first-order chi connectivity index (χ1) is 14.5. The number of hydrogen-bond donors (Lipinski definition) is 0. The highest BCUT2D eigenvalue weighted by atomic mass is 16.6. The SMILES string of the molecule is C/C=C(\C)C(=O)O[C@H]1c2c(ccc3ccc(=O)oc23)OC(C)(C)[C@H]1OC(=O)C=C(C)C. The highest BCUT2D eigenvalue weighted by molar-refractivity contribution is 5.89. The normalized spacial score (nSPS) is 19.7. The maximum Gasteiger partial charge on any atom is 0.336 e. The second-order valence-corrected chi connectivity index (χ2v) is 8.23. The van der Waals surface area contributed by atoms with Crippen molar-refractivity contribution in [2.75, 3.05) is 0 Å². The molecule has 0 saturated carbocycles. The van der Waals surface area contributed by atoms with E-state index in [9.17, 15) is 14.4 Å². The van der Waals surface area contributed by atoms with Gasteiger partial charge < -0.3 is 18.6 Å². The minimum absolute atomic E-state index is 0.222. The molecule has 0 unspecified atom stereocenters. The van der Waals surface area contributed by atoms with Gasteiger partial charge in [0.2, 0.25) is 0 Å². The number of esters is 2. The van der Waals surface area contributed by atoms with Crippen molar-refractivity contribution >= 4 is 22.9 Å². The maximum atomic E-state index is 12.7. The van der Waals surface area contributed by atoms with E-state index in [4.69, 9.17) is 18.6 Å². The van der Waals surface area contributed by atoms with Crippen molar-refractivity contribution in [1.82, 2.24) is 0 Å². The van der Waals surface area contributed by atoms with Crippen LogP contribution in [0.15, 0.2) is 56.8 Å². The number of allylic oxidation sites excluding steroid dienone is 2. The molecule has 2 heterocycles. The summed E-state index contributed by atoms with van der Waals surface area (Å²) in [4.78, 5) is 37.1. The van der Waals surface area contributed by atoms with Crippen LogP contribution in [0.4, 0.5) is 0 Å². The average molecular weight is 426 g/mol. The first-order valence-corrected chi connectivity index (χ1v) is 9.98. The largest absolute Gasteiger partial charge is 0.483 e. The van der Waals surface area contributed by atoms with Crippen LogP contribution in [0.25, 0.3) is 11.0 Å². The van der Waals surface area contributed by atoms with Gasteiger partial charge in [-0.05, 0) is 59.7 Å². The number of ether oxygens (including phenoxy) is 3. The van der Waals surface area contributed by atoms with Crippen LogP contribution in [0.1, 0.15) is 53.2 Å². The van der Waals surface area contributed by atoms with E-state index >= 15 is 0 Å². The smallest absolute Gasteiger partial charge is 0.336 e. The molecule has 0 saturated heterocycles. The molecule has 0 fully saturated rings. The number of hydrogen-bond acceptors (Lipinski definition) is 7. The van der Waals surface area contributed by atoms with Crippen molar-refractivity contribution in [2.45, 2.75) is 59.4 Å². The summed E-state index contributed by atoms with van der Waals surface area (Å²) in [6.07, 6.45) is 0.934. The number of carbonyl (C=O) groups is 2. The van der Waals surface area contributed by atoms with E-state index in [1.54, 1.807) is 65.8 Å². The van der Waals surface area contributed by atoms with Crippen molar-refractivity contribution in [3.63, 3.8) is 0 Å². The number of rotatable bonds is 4. The van der Waals surface area contributed by atoms with Crippen LogP contribution in [-0.2, 0) is 19.1 Å². The molecule has 0 amide bonds. The lowest BCUT2D eigenvalue weighted by molar-refractivity contribution is -0.185. The molecule has 0 aliphatic carbocycles. The molecule has 31 heavy (non-hydrogen) atoms. The van der Waals surface area contributed by atoms with Gasteiger partial charge in [0.25, 0.3) is 0 Å². The van der Waals surface area contributed by atoms with Crippen LogP contribution in [0, 0.1) is 0 Å². The second-order valence-electron chi connectivity index (χ2n) is 8.23. The molecule has 2 atom stereocenters. The van der Waals surface area contributed by atoms with Gasteiger partial charge in [0.15, 0.2) is 12.2 Å². The van der Waals surface area contributed by atoms with Crippen molar-refractivity contribution in [3.05, 3.63) is 63.5 Å². The van der Waals surface area contributed by atoms with Crippen molar-refractivity contribution in [3.8, 4) is 5.75 Å². The molecule has 2 aromatic rings. The fourth-order valence-electron chi connectivity index (χ4n) is 3.40. The Morgan fingerprint density at radius 3 is 2.39 bits per heavy atom. The Morgan fingerprint density at radius 2 is 1.74 bits per heavy atom. The van der Waals surface area contributed by atoms with Crippen molar-refractivity contribution < 1.29 is 28.2 Å². The van der Waals surface area contributed by atoms with Crippen molar-refractivity contribution in [2.24, 2.45) is 0 Å². The molecule has 1 aliphatic rings. The molecule has 3 rings (SSSR count). The molecular formula is C24H26O7. The van der Waals surface area contributed by atoms with Gasteiger partial charge in [-0.25, -0.2) is 14.4 Å². The summed E-state index contributed by atoms with van der Waals surface area (Å²) in [5.41, 5.74) is 0.131. The molecule has 1 aliphatic heterocycles. The molecule has 1 aromatic heterocycles. The van der Waals surface area contributed by atoms with Crippen LogP contribution >= 0.6 is 0 Å². The molecule has 164 valence electrons. The van der Waals surface area contributed by atoms with Crippen LogP contribution < -0.4 is 10.4 Å². The lowest BCUT2D eigenvalue weighted by atomic mass is 9.87. The van der Waals surface area contributed by atoms with E-state index in [-0.39, 0.29) is 5.58 Å². The zero-order chi connectivity index (χ0) is 22.9. The predicted molar refractivity (Wildman–Crippen MR) is 115 cm³/mol. The van der Waals surface area contributed by atoms with Gasteiger partial charge in [0.05, 0.1) is 5.56 Å². The summed E-state index contributed by atoms with van der Waals surface area (Å²) in [5, 5.41) is 0.625. The zero-order valence-electron chi connectivity index (χ0n) is 18.5. The van der Waals surface area contributed by atoms with Gasteiger partial charge in [-0.3, -0.25) is 0 Å². The Kier molecular flexibility index (Phi) is 6.06. The molecule has 7 heteroatoms. The lowest BCUT2D eigenvalue weighted by Crippen LogP contribution is -2.52. The molecule has 0 spiro atoms. The fraction of sp³-hybridized carbons (Fsp3) is 0.375. The Morgan fingerprint density at radius 1 is 1.06 bits per heavy atom. The zero-order valence-corrected chi connectivity index (χ0v) is 18.5. The summed E-state index contributed by atoms with van der Waals surface area (Å²) >= 11 is 0. The quantitative estimate of drug-likeness (QED) is 0.407. The third-order valence-electron chi connectivity index (χ3n) is 5.04. The molecule has 0 N–H and O–H groups in total. The van der Waals surface area contributed by atoms with Gasteiger partial charge in [0, 0.05) is 23.1 Å². The number of benzene rings is 1. The number of fused-ring (bicyclic) bond motifs is 3. The summed E-state index contributed by atoms with van der Waals surface area (Å²) in [6.45, 7) is 10.4. The predicted octanol–water partition coefficient (Wildman–Crippen LogP) is 4.39. The van der Waals surface area contributed by atoms with E-state index in [0.717, 1.165) is 5.57 Å². The monoisotopic (exact) mass is 426 g/mol. The van der Waals surface area contributed by atoms with Crippen LogP contribution in [0.5, 0.6) is 5.75 Å². The minimum atomic E-state index is -1.05. The van der Waals surface area contributed by atoms with Crippen molar-refractivity contribution in [1.29, 1.82) is 0 Å². The fourth-order valence-corrected chi connectivity index (χ4v) is 3.40. The van der Waals surface area contributed by atoms with Gasteiger partial charge in [0.1, 0.15) is 16.9 Å². The standard InChI is InChI=1S/C24H26O7/c1-7-14(4)23(27)30-21-19-16(10-8-15-9-11-17(25)28-20(15)19)31-24(5,6)22(21)29-18(26)12-13(2)3/h7-12,21-22H,1-6H3/b14-7+/t21-,22-/m0/s1. The van der Waals surface area contributed by atoms with E-state index in [2.05, 4.69) is 0 Å². The summed E-state index contributed by atoms with van der Waals surface area (Å²) in [7, 11) is 0. The summed E-state index contributed by atoms with van der Waals surface area (Å²) < 4.78 is 23.1. The first-order valence-electron chi connectivity index (χ1n) is 9.98. The Bertz CT molecular complexity index is 1150. The topological polar surface area (TPSA) is 92.0 Å². The van der Waals surface area contributed by atoms with Crippen LogP contribution in [0.2, 0.25) is 0 Å². The molecular weight excluding hydrogens is 400 g/mol. The van der Waals surface area contributed by atoms with Gasteiger partial charge in [-0.2, -0.15) is 0 Å². The maximum absolute atomic E-state index is 12.7. The molecule has 7 nitrogen and oxygen atoms in total. The van der Waals surface area contributed by atoms with Gasteiger partial charge >= 0.3 is 17.6 Å². The van der Waals surface area contributed by atoms with Crippen LogP contribution in [0.3, 0.4) is 0 Å². The van der Waals surface area contributed by atoms with E-state index in [1.165, 1.54) is 12.1 Å². The highest BCUT2D eigenvalue weighted by Crippen LogP contribution is 2.46. The molecule has 0 bridgehead atoms. The third-order valence-corrected chi connectivity index (χ3v) is 5.04. The summed E-state index contributed by atoms with van der Waals surface area (Å²) in [6, 6.07) is 6.39. The second kappa shape index (κ2) is 8.41. The Labute approximate surface area is 180 Å². The molecule has 1 aromatic carbocycles. The van der Waals surface area contributed by atoms with Crippen LogP contribution in [-0.4, -0.2) is 23.6 Å². The van der Waals surface area contributed by atoms with Gasteiger partial charge in [-0.15, -0.1) is 0 Å². The van der Waals surface area contributed by atoms with E-state index in [0.29, 0.717) is 22.3 Å². The minimum Gasteiger partial charge on any atom is -0.483 e. The number of carbonyl (C=O) groups excluding carboxylic acids is 2.